The number of nitrogens with zero attached hydrogens (tertiary/aromatic N) is 2. The Hall–Kier alpha value is -2.70. The van der Waals surface area contributed by atoms with Crippen molar-refractivity contribution in [1.82, 2.24) is 21.0 Å². The minimum Gasteiger partial charge on any atom is -0.497 e. The summed E-state index contributed by atoms with van der Waals surface area (Å²) in [6.45, 7) is 2.05. The highest BCUT2D eigenvalue weighted by molar-refractivity contribution is 5.55. The molecular weight excluding hydrogens is 316 g/mol. The maximum Gasteiger partial charge on any atom is 0.245 e. The second-order valence-electron chi connectivity index (χ2n) is 6.23. The Bertz CT molecular complexity index is 877. The van der Waals surface area contributed by atoms with E-state index < -0.39 is 0 Å². The van der Waals surface area contributed by atoms with Gasteiger partial charge in [-0.3, -0.25) is 0 Å². The van der Waals surface area contributed by atoms with E-state index in [2.05, 4.69) is 27.1 Å². The number of aryl methyl sites for hydroxylation is 1. The molecule has 1 aliphatic heterocycles. The van der Waals surface area contributed by atoms with Crippen LogP contribution in [0.1, 0.15) is 35.5 Å². The molecule has 3 aromatic rings. The second-order valence-corrected chi connectivity index (χ2v) is 6.23. The number of hydrogen-bond acceptors (Lipinski definition) is 6. The minimum absolute atomic E-state index is 0.0257. The molecule has 2 unspecified atom stereocenters. The first-order chi connectivity index (χ1) is 12.2. The van der Waals surface area contributed by atoms with E-state index in [-0.39, 0.29) is 12.1 Å². The summed E-state index contributed by atoms with van der Waals surface area (Å²) in [6, 6.07) is 16.3. The Morgan fingerprint density at radius 1 is 1.08 bits per heavy atom. The van der Waals surface area contributed by atoms with E-state index >= 15 is 0 Å². The highest BCUT2D eigenvalue weighted by atomic mass is 16.5. The van der Waals surface area contributed by atoms with Gasteiger partial charge in [0.1, 0.15) is 11.8 Å². The standard InChI is InChI=1S/C19H20N4O2/c1-12-5-3-7-14(9-12)18-20-19(25-23-18)17-11-16(21-22-17)13-6-4-8-15(10-13)24-2/h3-10,16-17,21-22H,11H2,1-2H3. The third kappa shape index (κ3) is 3.26. The van der Waals surface area contributed by atoms with Gasteiger partial charge in [0.15, 0.2) is 0 Å². The fourth-order valence-electron chi connectivity index (χ4n) is 3.07. The highest BCUT2D eigenvalue weighted by Crippen LogP contribution is 2.32. The summed E-state index contributed by atoms with van der Waals surface area (Å²) in [6.07, 6.45) is 0.822. The highest BCUT2D eigenvalue weighted by Gasteiger charge is 2.30. The summed E-state index contributed by atoms with van der Waals surface area (Å²) in [7, 11) is 1.67. The summed E-state index contributed by atoms with van der Waals surface area (Å²) in [5.41, 5.74) is 9.84. The molecule has 0 spiro atoms. The molecule has 6 nitrogen and oxygen atoms in total. The molecule has 2 heterocycles. The number of rotatable bonds is 4. The Morgan fingerprint density at radius 3 is 2.76 bits per heavy atom. The van der Waals surface area contributed by atoms with E-state index in [0.717, 1.165) is 23.3 Å². The van der Waals surface area contributed by atoms with Crippen molar-refractivity contribution in [3.8, 4) is 17.1 Å². The van der Waals surface area contributed by atoms with Gasteiger partial charge in [-0.1, -0.05) is 41.1 Å². The Kier molecular flexibility index (Phi) is 4.21. The lowest BCUT2D eigenvalue weighted by Gasteiger charge is -2.10. The van der Waals surface area contributed by atoms with Gasteiger partial charge in [0, 0.05) is 11.6 Å². The average Bonchev–Trinajstić information content (AvgIpc) is 3.31. The van der Waals surface area contributed by atoms with Crippen LogP contribution in [0.25, 0.3) is 11.4 Å². The molecule has 1 aromatic heterocycles. The number of ether oxygens (including phenoxy) is 1. The van der Waals surface area contributed by atoms with Gasteiger partial charge in [-0.05, 0) is 37.1 Å². The maximum absolute atomic E-state index is 5.48. The molecule has 1 fully saturated rings. The van der Waals surface area contributed by atoms with Gasteiger partial charge in [0.05, 0.1) is 7.11 Å². The van der Waals surface area contributed by atoms with E-state index in [1.165, 1.54) is 5.56 Å². The molecule has 25 heavy (non-hydrogen) atoms. The summed E-state index contributed by atoms with van der Waals surface area (Å²) in [4.78, 5) is 4.56. The van der Waals surface area contributed by atoms with Crippen LogP contribution >= 0.6 is 0 Å². The normalized spacial score (nSPS) is 19.9. The molecular formula is C19H20N4O2. The fourth-order valence-corrected chi connectivity index (χ4v) is 3.07. The maximum atomic E-state index is 5.48. The molecule has 128 valence electrons. The lowest BCUT2D eigenvalue weighted by atomic mass is 10.0. The van der Waals surface area contributed by atoms with Crippen molar-refractivity contribution in [3.05, 3.63) is 65.5 Å². The first-order valence-corrected chi connectivity index (χ1v) is 8.28. The largest absolute Gasteiger partial charge is 0.497 e. The Balaban J connectivity index is 1.50. The molecule has 2 aromatic carbocycles. The third-order valence-electron chi connectivity index (χ3n) is 4.42. The zero-order valence-electron chi connectivity index (χ0n) is 14.2. The van der Waals surface area contributed by atoms with E-state index in [4.69, 9.17) is 9.26 Å². The van der Waals surface area contributed by atoms with E-state index in [9.17, 15) is 0 Å². The fraction of sp³-hybridized carbons (Fsp3) is 0.263. The van der Waals surface area contributed by atoms with Gasteiger partial charge in [-0.2, -0.15) is 4.98 Å². The molecule has 1 aliphatic rings. The minimum atomic E-state index is -0.0257. The first-order valence-electron chi connectivity index (χ1n) is 8.28. The van der Waals surface area contributed by atoms with Crippen LogP contribution in [0.15, 0.2) is 53.1 Å². The summed E-state index contributed by atoms with van der Waals surface area (Å²) in [5.74, 6) is 2.06. The zero-order valence-corrected chi connectivity index (χ0v) is 14.2. The van der Waals surface area contributed by atoms with Crippen molar-refractivity contribution < 1.29 is 9.26 Å². The van der Waals surface area contributed by atoms with Gasteiger partial charge in [-0.15, -0.1) is 0 Å². The smallest absolute Gasteiger partial charge is 0.245 e. The summed E-state index contributed by atoms with van der Waals surface area (Å²) in [5, 5.41) is 4.12. The molecule has 0 amide bonds. The van der Waals surface area contributed by atoms with Gasteiger partial charge in [-0.25, -0.2) is 10.9 Å². The Morgan fingerprint density at radius 2 is 1.92 bits per heavy atom. The first kappa shape index (κ1) is 15.8. The Labute approximate surface area is 146 Å². The van der Waals surface area contributed by atoms with Crippen LogP contribution in [0.2, 0.25) is 0 Å². The quantitative estimate of drug-likeness (QED) is 0.761. The lowest BCUT2D eigenvalue weighted by Crippen LogP contribution is -2.26. The van der Waals surface area contributed by atoms with Crippen LogP contribution < -0.4 is 15.6 Å². The van der Waals surface area contributed by atoms with Crippen LogP contribution in [0.5, 0.6) is 5.75 Å². The van der Waals surface area contributed by atoms with Crippen LogP contribution in [0.4, 0.5) is 0 Å². The number of methoxy groups -OCH3 is 1. The SMILES string of the molecule is COc1cccc(C2CC(c3nc(-c4cccc(C)c4)no3)NN2)c1. The van der Waals surface area contributed by atoms with E-state index in [0.29, 0.717) is 11.7 Å². The summed E-state index contributed by atoms with van der Waals surface area (Å²) >= 11 is 0. The molecule has 0 bridgehead atoms. The topological polar surface area (TPSA) is 72.2 Å². The van der Waals surface area contributed by atoms with Gasteiger partial charge in [0.2, 0.25) is 11.7 Å². The van der Waals surface area contributed by atoms with Crippen molar-refractivity contribution in [2.75, 3.05) is 7.11 Å². The molecule has 2 atom stereocenters. The lowest BCUT2D eigenvalue weighted by molar-refractivity contribution is 0.340. The third-order valence-corrected chi connectivity index (χ3v) is 4.42. The van der Waals surface area contributed by atoms with E-state index in [1.807, 2.05) is 49.4 Å². The number of hydrogen-bond donors (Lipinski definition) is 2. The second kappa shape index (κ2) is 6.66. The molecule has 4 rings (SSSR count). The molecule has 0 aliphatic carbocycles. The summed E-state index contributed by atoms with van der Waals surface area (Å²) < 4.78 is 10.8. The number of nitrogens with one attached hydrogen (secondary N) is 2. The van der Waals surface area contributed by atoms with Crippen molar-refractivity contribution in [3.63, 3.8) is 0 Å². The van der Waals surface area contributed by atoms with E-state index in [1.54, 1.807) is 7.11 Å². The van der Waals surface area contributed by atoms with Crippen molar-refractivity contribution >= 4 is 0 Å². The van der Waals surface area contributed by atoms with Gasteiger partial charge in [0.25, 0.3) is 0 Å². The zero-order chi connectivity index (χ0) is 17.2. The van der Waals surface area contributed by atoms with Gasteiger partial charge >= 0.3 is 0 Å². The van der Waals surface area contributed by atoms with Gasteiger partial charge < -0.3 is 9.26 Å². The number of aromatic nitrogens is 2. The molecule has 0 saturated carbocycles. The average molecular weight is 336 g/mol. The van der Waals surface area contributed by atoms with Crippen molar-refractivity contribution in [2.45, 2.75) is 25.4 Å². The number of benzene rings is 2. The predicted octanol–water partition coefficient (Wildman–Crippen LogP) is 3.33. The molecule has 0 radical (unpaired) electrons. The van der Waals surface area contributed by atoms with Crippen molar-refractivity contribution in [1.29, 1.82) is 0 Å². The van der Waals surface area contributed by atoms with Crippen LogP contribution in [0, 0.1) is 6.92 Å². The predicted molar refractivity (Wildman–Crippen MR) is 93.8 cm³/mol. The van der Waals surface area contributed by atoms with Crippen LogP contribution in [-0.4, -0.2) is 17.3 Å². The molecule has 2 N–H and O–H groups in total. The monoisotopic (exact) mass is 336 g/mol. The van der Waals surface area contributed by atoms with Crippen molar-refractivity contribution in [2.24, 2.45) is 0 Å². The molecule has 1 saturated heterocycles. The van der Waals surface area contributed by atoms with Crippen LogP contribution in [-0.2, 0) is 0 Å². The van der Waals surface area contributed by atoms with Crippen LogP contribution in [0.3, 0.4) is 0 Å². The molecule has 6 heteroatoms. The number of hydrazine groups is 1.